The number of carboxylic acid groups (broad SMARTS) is 1. The lowest BCUT2D eigenvalue weighted by Crippen LogP contribution is -2.53. The third-order valence-corrected chi connectivity index (χ3v) is 6.33. The molecule has 172 valence electrons. The first-order valence-electron chi connectivity index (χ1n) is 10.9. The minimum atomic E-state index is -0.986. The summed E-state index contributed by atoms with van der Waals surface area (Å²) in [6.07, 6.45) is -0.881. The molecule has 0 atom stereocenters. The molecule has 7 nitrogen and oxygen atoms in total. The van der Waals surface area contributed by atoms with Gasteiger partial charge in [0.15, 0.2) is 0 Å². The number of nitrogens with zero attached hydrogens (tertiary/aromatic N) is 1. The second kappa shape index (κ2) is 8.62. The van der Waals surface area contributed by atoms with Crippen LogP contribution in [0.15, 0.2) is 66.7 Å². The summed E-state index contributed by atoms with van der Waals surface area (Å²) >= 11 is 0. The van der Waals surface area contributed by atoms with Crippen molar-refractivity contribution < 1.29 is 28.6 Å². The highest BCUT2D eigenvalue weighted by molar-refractivity contribution is 6.03. The van der Waals surface area contributed by atoms with Gasteiger partial charge in [-0.05, 0) is 34.4 Å². The first kappa shape index (κ1) is 21.6. The van der Waals surface area contributed by atoms with Gasteiger partial charge in [0.2, 0.25) is 0 Å². The number of hydrogen-bond donors (Lipinski definition) is 2. The Morgan fingerprint density at radius 3 is 2.18 bits per heavy atom. The summed E-state index contributed by atoms with van der Waals surface area (Å²) in [6, 6.07) is 19.7. The first-order chi connectivity index (χ1) is 16.4. The molecule has 1 aliphatic heterocycles. The number of amides is 2. The van der Waals surface area contributed by atoms with E-state index in [9.17, 15) is 18.8 Å². The van der Waals surface area contributed by atoms with Crippen LogP contribution < -0.4 is 5.32 Å². The van der Waals surface area contributed by atoms with E-state index in [4.69, 9.17) is 9.84 Å². The van der Waals surface area contributed by atoms with Crippen molar-refractivity contribution in [2.24, 2.45) is 5.92 Å². The first-order valence-corrected chi connectivity index (χ1v) is 10.9. The van der Waals surface area contributed by atoms with Crippen LogP contribution in [-0.4, -0.2) is 47.7 Å². The molecule has 1 fully saturated rings. The van der Waals surface area contributed by atoms with E-state index in [0.29, 0.717) is 0 Å². The van der Waals surface area contributed by atoms with Crippen molar-refractivity contribution in [3.63, 3.8) is 0 Å². The van der Waals surface area contributed by atoms with Gasteiger partial charge in [0.25, 0.3) is 5.91 Å². The fourth-order valence-corrected chi connectivity index (χ4v) is 4.54. The van der Waals surface area contributed by atoms with E-state index >= 15 is 0 Å². The number of carboxylic acids is 1. The van der Waals surface area contributed by atoms with Gasteiger partial charge in [0.1, 0.15) is 12.4 Å². The van der Waals surface area contributed by atoms with Crippen molar-refractivity contribution in [2.75, 3.05) is 25.0 Å². The van der Waals surface area contributed by atoms with E-state index in [0.717, 1.165) is 28.3 Å². The highest BCUT2D eigenvalue weighted by atomic mass is 19.1. The summed E-state index contributed by atoms with van der Waals surface area (Å²) in [4.78, 5) is 37.7. The Balaban J connectivity index is 1.30. The fourth-order valence-electron chi connectivity index (χ4n) is 4.54. The summed E-state index contributed by atoms with van der Waals surface area (Å²) in [5.74, 6) is -3.12. The maximum absolute atomic E-state index is 14.6. The number of benzene rings is 3. The Morgan fingerprint density at radius 2 is 1.56 bits per heavy atom. The number of anilines is 1. The van der Waals surface area contributed by atoms with Crippen molar-refractivity contribution in [1.82, 2.24) is 4.90 Å². The normalized spacial score (nSPS) is 14.7. The van der Waals surface area contributed by atoms with E-state index in [1.807, 2.05) is 48.5 Å². The molecule has 2 amide bonds. The molecule has 0 bridgehead atoms. The molecule has 8 heteroatoms. The third kappa shape index (κ3) is 3.77. The number of nitrogens with one attached hydrogen (secondary N) is 1. The minimum Gasteiger partial charge on any atom is -0.481 e. The Kier molecular flexibility index (Phi) is 5.49. The van der Waals surface area contributed by atoms with Crippen LogP contribution in [-0.2, 0) is 9.53 Å². The van der Waals surface area contributed by atoms with Gasteiger partial charge in [-0.25, -0.2) is 9.18 Å². The van der Waals surface area contributed by atoms with Crippen LogP contribution in [0.4, 0.5) is 14.9 Å². The molecule has 3 aromatic carbocycles. The SMILES string of the molecule is O=C(Nc1c(F)cccc1C(=O)N1CC(C(=O)O)C1)OCC1c2ccccc2-c2ccccc21. The quantitative estimate of drug-likeness (QED) is 0.591. The zero-order chi connectivity index (χ0) is 23.8. The number of carbonyl (C=O) groups is 3. The van der Waals surface area contributed by atoms with Gasteiger partial charge in [0, 0.05) is 19.0 Å². The van der Waals surface area contributed by atoms with E-state index in [1.165, 1.54) is 17.0 Å². The lowest BCUT2D eigenvalue weighted by Gasteiger charge is -2.37. The third-order valence-electron chi connectivity index (χ3n) is 6.33. The zero-order valence-corrected chi connectivity index (χ0v) is 18.0. The van der Waals surface area contributed by atoms with E-state index in [1.54, 1.807) is 0 Å². The molecule has 0 radical (unpaired) electrons. The molecule has 3 aromatic rings. The second-order valence-electron chi connectivity index (χ2n) is 8.36. The Bertz CT molecular complexity index is 1260. The monoisotopic (exact) mass is 460 g/mol. The van der Waals surface area contributed by atoms with E-state index in [-0.39, 0.29) is 36.9 Å². The van der Waals surface area contributed by atoms with Gasteiger partial charge in [-0.15, -0.1) is 0 Å². The molecule has 0 saturated carbocycles. The molecular formula is C26H21FN2O5. The number of carbonyl (C=O) groups excluding carboxylic acids is 2. The van der Waals surface area contributed by atoms with Gasteiger partial charge in [-0.1, -0.05) is 54.6 Å². The largest absolute Gasteiger partial charge is 0.481 e. The highest BCUT2D eigenvalue weighted by Crippen LogP contribution is 2.44. The van der Waals surface area contributed by atoms with Crippen LogP contribution >= 0.6 is 0 Å². The van der Waals surface area contributed by atoms with Crippen molar-refractivity contribution in [2.45, 2.75) is 5.92 Å². The molecule has 0 aromatic heterocycles. The number of ether oxygens (including phenoxy) is 1. The number of para-hydroxylation sites is 1. The van der Waals surface area contributed by atoms with Crippen LogP contribution in [0.5, 0.6) is 0 Å². The molecule has 34 heavy (non-hydrogen) atoms. The standard InChI is InChI=1S/C26H21FN2O5/c27-22-11-5-10-20(24(30)29-12-15(13-29)25(31)32)23(22)28-26(33)34-14-21-18-8-3-1-6-16(18)17-7-2-4-9-19(17)21/h1-11,15,21H,12-14H2,(H,28,33)(H,31,32). The number of likely N-dealkylation sites (tertiary alicyclic amines) is 1. The maximum Gasteiger partial charge on any atom is 0.411 e. The topological polar surface area (TPSA) is 95.9 Å². The summed E-state index contributed by atoms with van der Waals surface area (Å²) in [5, 5.41) is 11.4. The van der Waals surface area contributed by atoms with Crippen molar-refractivity contribution in [3.8, 4) is 11.1 Å². The smallest absolute Gasteiger partial charge is 0.411 e. The zero-order valence-electron chi connectivity index (χ0n) is 18.0. The number of rotatable bonds is 5. The second-order valence-corrected chi connectivity index (χ2v) is 8.36. The predicted octanol–water partition coefficient (Wildman–Crippen LogP) is 4.34. The van der Waals surface area contributed by atoms with Gasteiger partial charge < -0.3 is 14.7 Å². The number of halogens is 1. The molecule has 0 unspecified atom stereocenters. The maximum atomic E-state index is 14.6. The van der Waals surface area contributed by atoms with Crippen LogP contribution in [0.1, 0.15) is 27.4 Å². The summed E-state index contributed by atoms with van der Waals surface area (Å²) in [7, 11) is 0. The van der Waals surface area contributed by atoms with Crippen LogP contribution in [0.2, 0.25) is 0 Å². The van der Waals surface area contributed by atoms with Gasteiger partial charge in [-0.3, -0.25) is 14.9 Å². The Labute approximate surface area is 194 Å². The van der Waals surface area contributed by atoms with Crippen molar-refractivity contribution >= 4 is 23.7 Å². The molecular weight excluding hydrogens is 439 g/mol. The van der Waals surface area contributed by atoms with Crippen molar-refractivity contribution in [3.05, 3.63) is 89.2 Å². The Morgan fingerprint density at radius 1 is 0.941 bits per heavy atom. The van der Waals surface area contributed by atoms with Gasteiger partial charge >= 0.3 is 12.1 Å². The lowest BCUT2D eigenvalue weighted by molar-refractivity contribution is -0.146. The molecule has 2 N–H and O–H groups in total. The molecule has 1 saturated heterocycles. The van der Waals surface area contributed by atoms with Gasteiger partial charge in [0.05, 0.1) is 17.2 Å². The molecule has 5 rings (SSSR count). The summed E-state index contributed by atoms with van der Waals surface area (Å²) in [5.41, 5.74) is 3.92. The number of fused-ring (bicyclic) bond motifs is 3. The number of aliphatic carboxylic acids is 1. The highest BCUT2D eigenvalue weighted by Gasteiger charge is 2.37. The van der Waals surface area contributed by atoms with Crippen molar-refractivity contribution in [1.29, 1.82) is 0 Å². The molecule has 0 spiro atoms. The van der Waals surface area contributed by atoms with E-state index in [2.05, 4.69) is 5.32 Å². The van der Waals surface area contributed by atoms with Gasteiger partial charge in [-0.2, -0.15) is 0 Å². The molecule has 1 aliphatic carbocycles. The Hall–Kier alpha value is -4.20. The minimum absolute atomic E-state index is 0.0368. The van der Waals surface area contributed by atoms with Crippen LogP contribution in [0, 0.1) is 11.7 Å². The van der Waals surface area contributed by atoms with Crippen LogP contribution in [0.3, 0.4) is 0 Å². The number of hydrogen-bond acceptors (Lipinski definition) is 4. The average molecular weight is 460 g/mol. The fraction of sp³-hybridized carbons (Fsp3) is 0.192. The predicted molar refractivity (Wildman–Crippen MR) is 122 cm³/mol. The average Bonchev–Trinajstić information content (AvgIpc) is 3.11. The molecule has 1 heterocycles. The summed E-state index contributed by atoms with van der Waals surface area (Å²) in [6.45, 7) is 0.119. The molecule has 2 aliphatic rings. The van der Waals surface area contributed by atoms with Crippen LogP contribution in [0.25, 0.3) is 11.1 Å². The lowest BCUT2D eigenvalue weighted by atomic mass is 9.98. The summed E-state index contributed by atoms with van der Waals surface area (Å²) < 4.78 is 20.0. The van der Waals surface area contributed by atoms with E-state index < -0.39 is 29.7 Å².